The molecule has 0 saturated heterocycles. The van der Waals surface area contributed by atoms with E-state index in [0.717, 1.165) is 31.6 Å². The van der Waals surface area contributed by atoms with Gasteiger partial charge in [-0.05, 0) is 26.0 Å². The maximum absolute atomic E-state index is 12.0. The van der Waals surface area contributed by atoms with Gasteiger partial charge < -0.3 is 5.32 Å². The van der Waals surface area contributed by atoms with E-state index in [2.05, 4.69) is 20.5 Å². The molecule has 7 heteroatoms. The van der Waals surface area contributed by atoms with Gasteiger partial charge in [-0.15, -0.1) is 11.3 Å². The molecule has 2 heterocycles. The molecule has 0 saturated carbocycles. The first-order chi connectivity index (χ1) is 10.1. The Hall–Kier alpha value is -1.86. The van der Waals surface area contributed by atoms with Crippen LogP contribution in [0.15, 0.2) is 28.6 Å². The van der Waals surface area contributed by atoms with Gasteiger partial charge in [0, 0.05) is 0 Å². The lowest BCUT2D eigenvalue weighted by atomic mass is 10.3. The number of aryl methyl sites for hydroxylation is 2. The highest BCUT2D eigenvalue weighted by Crippen LogP contribution is 2.29. The van der Waals surface area contributed by atoms with Crippen LogP contribution in [0.25, 0.3) is 10.2 Å². The lowest BCUT2D eigenvalue weighted by molar-refractivity contribution is -0.113. The zero-order valence-corrected chi connectivity index (χ0v) is 13.3. The number of para-hydroxylation sites is 1. The first-order valence-electron chi connectivity index (χ1n) is 6.43. The molecule has 0 radical (unpaired) electrons. The Balaban J connectivity index is 1.63. The first kappa shape index (κ1) is 14.1. The van der Waals surface area contributed by atoms with Gasteiger partial charge in [0.25, 0.3) is 0 Å². The van der Waals surface area contributed by atoms with E-state index in [0.29, 0.717) is 5.75 Å². The van der Waals surface area contributed by atoms with Crippen LogP contribution in [0.3, 0.4) is 0 Å². The number of carbonyl (C=O) groups excluding carboxylic acids is 1. The van der Waals surface area contributed by atoms with Crippen LogP contribution in [0.4, 0.5) is 5.69 Å². The molecule has 0 unspecified atom stereocenters. The quantitative estimate of drug-likeness (QED) is 0.724. The zero-order chi connectivity index (χ0) is 14.8. The van der Waals surface area contributed by atoms with Crippen LogP contribution >= 0.6 is 23.1 Å². The summed E-state index contributed by atoms with van der Waals surface area (Å²) in [5, 5.41) is 9.80. The molecule has 2 N–H and O–H groups in total. The Morgan fingerprint density at radius 2 is 2.19 bits per heavy atom. The second kappa shape index (κ2) is 5.87. The molecule has 1 aromatic carbocycles. The van der Waals surface area contributed by atoms with E-state index in [-0.39, 0.29) is 5.91 Å². The number of nitrogens with zero attached hydrogens (tertiary/aromatic N) is 2. The number of thioether (sulfide) groups is 1. The zero-order valence-electron chi connectivity index (χ0n) is 11.6. The van der Waals surface area contributed by atoms with Crippen molar-refractivity contribution in [3.05, 3.63) is 35.7 Å². The van der Waals surface area contributed by atoms with Gasteiger partial charge in [0.05, 0.1) is 33.0 Å². The highest BCUT2D eigenvalue weighted by Gasteiger charge is 2.11. The predicted molar refractivity (Wildman–Crippen MR) is 87.0 cm³/mol. The Morgan fingerprint density at radius 3 is 2.90 bits per heavy atom. The van der Waals surface area contributed by atoms with Gasteiger partial charge in [0.2, 0.25) is 5.91 Å². The summed E-state index contributed by atoms with van der Waals surface area (Å²) in [7, 11) is 0. The minimum absolute atomic E-state index is 0.0492. The van der Waals surface area contributed by atoms with Crippen LogP contribution in [0, 0.1) is 13.8 Å². The summed E-state index contributed by atoms with van der Waals surface area (Å²) in [5.41, 5.74) is 3.41. The van der Waals surface area contributed by atoms with Crippen LogP contribution in [0.2, 0.25) is 0 Å². The van der Waals surface area contributed by atoms with Gasteiger partial charge in [0.15, 0.2) is 4.34 Å². The summed E-state index contributed by atoms with van der Waals surface area (Å²) in [4.78, 5) is 16.5. The molecule has 0 fully saturated rings. The third-order valence-electron chi connectivity index (χ3n) is 2.99. The summed E-state index contributed by atoms with van der Waals surface area (Å²) >= 11 is 3.06. The highest BCUT2D eigenvalue weighted by atomic mass is 32.2. The number of aromatic nitrogens is 3. The smallest absolute Gasteiger partial charge is 0.234 e. The van der Waals surface area contributed by atoms with E-state index in [4.69, 9.17) is 0 Å². The Labute approximate surface area is 130 Å². The lowest BCUT2D eigenvalue weighted by Crippen LogP contribution is -2.14. The molecule has 0 spiro atoms. The number of hydrogen-bond acceptors (Lipinski definition) is 5. The molecule has 0 atom stereocenters. The third kappa shape index (κ3) is 3.08. The van der Waals surface area contributed by atoms with E-state index in [1.165, 1.54) is 11.8 Å². The minimum atomic E-state index is -0.0492. The molecule has 0 aliphatic heterocycles. The van der Waals surface area contributed by atoms with Crippen LogP contribution in [-0.2, 0) is 4.79 Å². The molecule has 1 amide bonds. The normalized spacial score (nSPS) is 11.0. The molecule has 3 rings (SSSR count). The number of benzene rings is 1. The fraction of sp³-hybridized carbons (Fsp3) is 0.214. The SMILES string of the molecule is Cc1n[nH]c(C)c1NC(=O)CSc1nc2ccccc2s1. The predicted octanol–water partition coefficient (Wildman–Crippen LogP) is 3.37. The minimum Gasteiger partial charge on any atom is -0.322 e. The molecule has 21 heavy (non-hydrogen) atoms. The third-order valence-corrected chi connectivity index (χ3v) is 5.17. The van der Waals surface area contributed by atoms with Crippen molar-refractivity contribution in [2.24, 2.45) is 0 Å². The molecule has 0 aliphatic rings. The van der Waals surface area contributed by atoms with Gasteiger partial charge in [0.1, 0.15) is 0 Å². The molecular formula is C14H14N4OS2. The van der Waals surface area contributed by atoms with Gasteiger partial charge in [-0.1, -0.05) is 23.9 Å². The van der Waals surface area contributed by atoms with E-state index in [1.807, 2.05) is 38.1 Å². The van der Waals surface area contributed by atoms with Crippen molar-refractivity contribution in [3.63, 3.8) is 0 Å². The van der Waals surface area contributed by atoms with Crippen LogP contribution in [0.5, 0.6) is 0 Å². The molecule has 2 aromatic heterocycles. The van der Waals surface area contributed by atoms with Gasteiger partial charge in [-0.25, -0.2) is 4.98 Å². The number of anilines is 1. The molecular weight excluding hydrogens is 304 g/mol. The summed E-state index contributed by atoms with van der Waals surface area (Å²) in [6.07, 6.45) is 0. The number of amides is 1. The molecule has 0 aliphatic carbocycles. The van der Waals surface area contributed by atoms with Crippen molar-refractivity contribution in [3.8, 4) is 0 Å². The van der Waals surface area contributed by atoms with Crippen LogP contribution < -0.4 is 5.32 Å². The van der Waals surface area contributed by atoms with Crippen molar-refractivity contribution in [1.29, 1.82) is 0 Å². The Morgan fingerprint density at radius 1 is 1.38 bits per heavy atom. The summed E-state index contributed by atoms with van der Waals surface area (Å²) in [5.74, 6) is 0.288. The molecule has 3 aromatic rings. The average Bonchev–Trinajstić information content (AvgIpc) is 3.03. The average molecular weight is 318 g/mol. The van der Waals surface area contributed by atoms with Gasteiger partial charge in [-0.2, -0.15) is 5.10 Å². The number of aromatic amines is 1. The van der Waals surface area contributed by atoms with Crippen LogP contribution in [0.1, 0.15) is 11.4 Å². The van der Waals surface area contributed by atoms with Crippen molar-refractivity contribution < 1.29 is 4.79 Å². The van der Waals surface area contributed by atoms with Gasteiger partial charge >= 0.3 is 0 Å². The first-order valence-corrected chi connectivity index (χ1v) is 8.23. The number of fused-ring (bicyclic) bond motifs is 1. The molecule has 0 bridgehead atoms. The largest absolute Gasteiger partial charge is 0.322 e. The topological polar surface area (TPSA) is 70.7 Å². The second-order valence-electron chi connectivity index (χ2n) is 4.59. The summed E-state index contributed by atoms with van der Waals surface area (Å²) in [6.45, 7) is 3.75. The van der Waals surface area contributed by atoms with E-state index in [9.17, 15) is 4.79 Å². The second-order valence-corrected chi connectivity index (χ2v) is 6.85. The standard InChI is InChI=1S/C14H14N4OS2/c1-8-13(9(2)18-17-8)16-12(19)7-20-14-15-10-5-3-4-6-11(10)21-14/h3-6H,7H2,1-2H3,(H,16,19)(H,17,18). The summed E-state index contributed by atoms with van der Waals surface area (Å²) in [6, 6.07) is 7.98. The van der Waals surface area contributed by atoms with Crippen LogP contribution in [-0.4, -0.2) is 26.8 Å². The van der Waals surface area contributed by atoms with Crippen molar-refractivity contribution in [2.75, 3.05) is 11.1 Å². The van der Waals surface area contributed by atoms with E-state index in [1.54, 1.807) is 11.3 Å². The Bertz CT molecular complexity index is 741. The number of nitrogens with one attached hydrogen (secondary N) is 2. The van der Waals surface area contributed by atoms with Gasteiger partial charge in [-0.3, -0.25) is 9.89 Å². The fourth-order valence-electron chi connectivity index (χ4n) is 1.95. The van der Waals surface area contributed by atoms with Crippen molar-refractivity contribution in [2.45, 2.75) is 18.2 Å². The lowest BCUT2D eigenvalue weighted by Gasteiger charge is -2.03. The maximum Gasteiger partial charge on any atom is 0.234 e. The van der Waals surface area contributed by atoms with E-state index < -0.39 is 0 Å². The Kier molecular flexibility index (Phi) is 3.94. The molecule has 108 valence electrons. The summed E-state index contributed by atoms with van der Waals surface area (Å²) < 4.78 is 2.05. The number of H-pyrrole nitrogens is 1. The number of carbonyl (C=O) groups is 1. The highest BCUT2D eigenvalue weighted by molar-refractivity contribution is 8.01. The maximum atomic E-state index is 12.0. The fourth-order valence-corrected chi connectivity index (χ4v) is 3.82. The number of hydrogen-bond donors (Lipinski definition) is 2. The number of thiazole rings is 1. The monoisotopic (exact) mass is 318 g/mol. The van der Waals surface area contributed by atoms with E-state index >= 15 is 0 Å². The molecule has 5 nitrogen and oxygen atoms in total. The van der Waals surface area contributed by atoms with Crippen molar-refractivity contribution in [1.82, 2.24) is 15.2 Å². The number of rotatable bonds is 4. The van der Waals surface area contributed by atoms with Crippen molar-refractivity contribution >= 4 is 44.9 Å².